The Morgan fingerprint density at radius 1 is 1.50 bits per heavy atom. The van der Waals surface area contributed by atoms with Gasteiger partial charge in [-0.05, 0) is 30.0 Å². The Morgan fingerprint density at radius 2 is 2.27 bits per heavy atom. The highest BCUT2D eigenvalue weighted by atomic mass is 32.3. The van der Waals surface area contributed by atoms with Crippen LogP contribution in [0.5, 0.6) is 0 Å². The first-order valence-electron chi connectivity index (χ1n) is 6.19. The molecule has 0 saturated heterocycles. The van der Waals surface area contributed by atoms with Gasteiger partial charge in [0, 0.05) is 0 Å². The lowest BCUT2D eigenvalue weighted by Crippen LogP contribution is -2.35. The third-order valence-electron chi connectivity index (χ3n) is 2.91. The summed E-state index contributed by atoms with van der Waals surface area (Å²) in [7, 11) is -3.52. The summed E-state index contributed by atoms with van der Waals surface area (Å²) >= 11 is 0.769. The Kier molecular flexibility index (Phi) is 3.49. The number of fused-ring (bicyclic) bond motifs is 1. The van der Waals surface area contributed by atoms with E-state index in [0.29, 0.717) is 5.76 Å². The average molecular weight is 338 g/mol. The number of amides is 1. The number of nitrogens with zero attached hydrogens (tertiary/aromatic N) is 3. The van der Waals surface area contributed by atoms with Crippen molar-refractivity contribution in [2.24, 2.45) is 10.1 Å². The standard InChI is InChI=1S/C12H10N4O4S2/c1-2-22(18,19)12-15-16-9(13)8(6-7-4-3-5-20-7)10(17)14-11(16)21-12/h3-6,13H,2H2,1H3/b8-6-,13-9?. The van der Waals surface area contributed by atoms with E-state index in [2.05, 4.69) is 10.1 Å². The summed E-state index contributed by atoms with van der Waals surface area (Å²) in [6, 6.07) is 3.27. The number of nitrogens with one attached hydrogen (secondary N) is 1. The molecule has 0 aromatic carbocycles. The zero-order valence-corrected chi connectivity index (χ0v) is 12.9. The molecule has 0 unspecified atom stereocenters. The van der Waals surface area contributed by atoms with Crippen molar-refractivity contribution < 1.29 is 17.6 Å². The molecule has 0 fully saturated rings. The molecular weight excluding hydrogens is 328 g/mol. The molecule has 114 valence electrons. The molecule has 0 saturated carbocycles. The number of carbonyl (C=O) groups is 1. The van der Waals surface area contributed by atoms with Crippen molar-refractivity contribution in [3.63, 3.8) is 0 Å². The number of rotatable bonds is 2. The molecule has 2 aliphatic rings. The van der Waals surface area contributed by atoms with Crippen LogP contribution in [0.2, 0.25) is 0 Å². The summed E-state index contributed by atoms with van der Waals surface area (Å²) in [5, 5.41) is 13.1. The molecule has 1 N–H and O–H groups in total. The summed E-state index contributed by atoms with van der Waals surface area (Å²) in [6.07, 6.45) is 2.81. The van der Waals surface area contributed by atoms with Crippen LogP contribution in [0.1, 0.15) is 12.7 Å². The number of hydrazone groups is 1. The van der Waals surface area contributed by atoms with E-state index >= 15 is 0 Å². The van der Waals surface area contributed by atoms with Gasteiger partial charge >= 0.3 is 0 Å². The van der Waals surface area contributed by atoms with Crippen LogP contribution >= 0.6 is 11.8 Å². The number of sulfone groups is 1. The van der Waals surface area contributed by atoms with Gasteiger partial charge in [-0.2, -0.15) is 10.0 Å². The molecule has 2 aliphatic heterocycles. The van der Waals surface area contributed by atoms with E-state index in [-0.39, 0.29) is 26.7 Å². The van der Waals surface area contributed by atoms with Crippen molar-refractivity contribution in [1.29, 1.82) is 5.41 Å². The Bertz CT molecular complexity index is 850. The van der Waals surface area contributed by atoms with Gasteiger partial charge in [-0.25, -0.2) is 8.42 Å². The van der Waals surface area contributed by atoms with Gasteiger partial charge in [0.15, 0.2) is 5.84 Å². The SMILES string of the molecule is CCS(=O)(=O)C1=NN2C(=N)/C(=C/c3ccco3)C(=O)N=C2S1. The highest BCUT2D eigenvalue weighted by Crippen LogP contribution is 2.30. The van der Waals surface area contributed by atoms with Gasteiger partial charge in [0.05, 0.1) is 17.6 Å². The van der Waals surface area contributed by atoms with Gasteiger partial charge in [0.1, 0.15) is 5.76 Å². The van der Waals surface area contributed by atoms with Crippen LogP contribution in [0.15, 0.2) is 38.5 Å². The monoisotopic (exact) mass is 338 g/mol. The highest BCUT2D eigenvalue weighted by molar-refractivity contribution is 8.42. The fourth-order valence-electron chi connectivity index (χ4n) is 1.74. The van der Waals surface area contributed by atoms with Gasteiger partial charge in [0.25, 0.3) is 5.91 Å². The number of thioether (sulfide) groups is 1. The van der Waals surface area contributed by atoms with Gasteiger partial charge in [-0.1, -0.05) is 6.92 Å². The largest absolute Gasteiger partial charge is 0.465 e. The number of furan rings is 1. The summed E-state index contributed by atoms with van der Waals surface area (Å²) in [4.78, 5) is 15.8. The summed E-state index contributed by atoms with van der Waals surface area (Å²) in [6.45, 7) is 1.50. The van der Waals surface area contributed by atoms with Crippen molar-refractivity contribution in [1.82, 2.24) is 5.01 Å². The lowest BCUT2D eigenvalue weighted by molar-refractivity contribution is -0.114. The van der Waals surface area contributed by atoms with E-state index in [1.54, 1.807) is 12.1 Å². The maximum absolute atomic E-state index is 12.0. The minimum Gasteiger partial charge on any atom is -0.465 e. The Labute approximate surface area is 130 Å². The van der Waals surface area contributed by atoms with Crippen molar-refractivity contribution in [2.45, 2.75) is 6.92 Å². The molecular formula is C12H10N4O4S2. The molecule has 22 heavy (non-hydrogen) atoms. The maximum atomic E-state index is 12.0. The molecule has 0 bridgehead atoms. The van der Waals surface area contributed by atoms with Crippen molar-refractivity contribution in [3.8, 4) is 0 Å². The number of hydrogen-bond acceptors (Lipinski definition) is 7. The molecule has 1 aromatic heterocycles. The minimum absolute atomic E-state index is 0.0156. The predicted molar refractivity (Wildman–Crippen MR) is 83.2 cm³/mol. The molecule has 1 aromatic rings. The lowest BCUT2D eigenvalue weighted by atomic mass is 10.1. The van der Waals surface area contributed by atoms with E-state index in [1.807, 2.05) is 0 Å². The van der Waals surface area contributed by atoms with Crippen LogP contribution in [-0.2, 0) is 14.6 Å². The van der Waals surface area contributed by atoms with E-state index < -0.39 is 15.7 Å². The first-order valence-corrected chi connectivity index (χ1v) is 8.65. The second kappa shape index (κ2) is 5.21. The third-order valence-corrected chi connectivity index (χ3v) is 6.00. The van der Waals surface area contributed by atoms with Crippen molar-refractivity contribution >= 4 is 49.0 Å². The topological polar surface area (TPSA) is 116 Å². The minimum atomic E-state index is -3.52. The smallest absolute Gasteiger partial charge is 0.283 e. The Hall–Kier alpha value is -2.20. The van der Waals surface area contributed by atoms with Gasteiger partial charge in [-0.15, -0.1) is 5.10 Å². The first-order chi connectivity index (χ1) is 10.4. The second-order valence-electron chi connectivity index (χ2n) is 4.30. The normalized spacial score (nSPS) is 20.2. The van der Waals surface area contributed by atoms with E-state index in [4.69, 9.17) is 9.83 Å². The van der Waals surface area contributed by atoms with Crippen LogP contribution in [-0.4, -0.2) is 40.5 Å². The molecule has 3 heterocycles. The maximum Gasteiger partial charge on any atom is 0.283 e. The quantitative estimate of drug-likeness (QED) is 0.812. The summed E-state index contributed by atoms with van der Waals surface area (Å²) < 4.78 is 28.7. The molecule has 0 radical (unpaired) electrons. The van der Waals surface area contributed by atoms with E-state index in [1.165, 1.54) is 19.3 Å². The molecule has 1 amide bonds. The predicted octanol–water partition coefficient (Wildman–Crippen LogP) is 1.29. The average Bonchev–Trinajstić information content (AvgIpc) is 3.12. The molecule has 0 atom stereocenters. The fourth-order valence-corrected chi connectivity index (χ4v) is 3.90. The molecule has 0 aliphatic carbocycles. The zero-order valence-electron chi connectivity index (χ0n) is 11.3. The highest BCUT2D eigenvalue weighted by Gasteiger charge is 2.39. The Balaban J connectivity index is 2.01. The van der Waals surface area contributed by atoms with Crippen LogP contribution < -0.4 is 0 Å². The molecule has 10 heteroatoms. The number of aliphatic imine (C=N–C) groups is 1. The number of amidine groups is 2. The number of carbonyl (C=O) groups excluding carboxylic acids is 1. The van der Waals surface area contributed by atoms with Crippen LogP contribution in [0.4, 0.5) is 0 Å². The van der Waals surface area contributed by atoms with E-state index in [9.17, 15) is 13.2 Å². The van der Waals surface area contributed by atoms with Crippen LogP contribution in [0, 0.1) is 5.41 Å². The van der Waals surface area contributed by atoms with Crippen LogP contribution in [0.3, 0.4) is 0 Å². The first kappa shape index (κ1) is 14.7. The van der Waals surface area contributed by atoms with Crippen LogP contribution in [0.25, 0.3) is 6.08 Å². The van der Waals surface area contributed by atoms with Crippen molar-refractivity contribution in [3.05, 3.63) is 29.7 Å². The molecule has 8 nitrogen and oxygen atoms in total. The fraction of sp³-hybridized carbons (Fsp3) is 0.167. The van der Waals surface area contributed by atoms with E-state index in [0.717, 1.165) is 16.8 Å². The molecule has 0 spiro atoms. The van der Waals surface area contributed by atoms with Crippen molar-refractivity contribution in [2.75, 3.05) is 5.75 Å². The van der Waals surface area contributed by atoms with Gasteiger partial charge in [0.2, 0.25) is 19.4 Å². The molecule has 3 rings (SSSR count). The lowest BCUT2D eigenvalue weighted by Gasteiger charge is -2.19. The van der Waals surface area contributed by atoms with Gasteiger partial charge < -0.3 is 4.42 Å². The summed E-state index contributed by atoms with van der Waals surface area (Å²) in [5.41, 5.74) is -0.0156. The summed E-state index contributed by atoms with van der Waals surface area (Å²) in [5.74, 6) is -0.592. The second-order valence-corrected chi connectivity index (χ2v) is 7.71. The zero-order chi connectivity index (χ0) is 15.9. The Morgan fingerprint density at radius 3 is 2.91 bits per heavy atom. The number of hydrogen-bond donors (Lipinski definition) is 1. The van der Waals surface area contributed by atoms with Gasteiger partial charge in [-0.3, -0.25) is 10.2 Å². The third kappa shape index (κ3) is 2.40.